The summed E-state index contributed by atoms with van der Waals surface area (Å²) in [7, 11) is 4.84. The van der Waals surface area contributed by atoms with Crippen LogP contribution in [0.4, 0.5) is 5.69 Å². The van der Waals surface area contributed by atoms with Gasteiger partial charge in [-0.2, -0.15) is 0 Å². The fourth-order valence-electron chi connectivity index (χ4n) is 3.20. The van der Waals surface area contributed by atoms with E-state index in [1.54, 1.807) is 44.8 Å². The zero-order chi connectivity index (χ0) is 20.5. The molecule has 0 atom stereocenters. The number of ether oxygens (including phenoxy) is 3. The quantitative estimate of drug-likeness (QED) is 0.454. The summed E-state index contributed by atoms with van der Waals surface area (Å²) in [6.45, 7) is 0. The third kappa shape index (κ3) is 3.97. The molecular formula is C21H20Cl2N2O3S. The van der Waals surface area contributed by atoms with Crippen molar-refractivity contribution in [3.63, 3.8) is 0 Å². The van der Waals surface area contributed by atoms with Crippen LogP contribution in [-0.4, -0.2) is 25.9 Å². The van der Waals surface area contributed by atoms with Crippen molar-refractivity contribution in [3.8, 4) is 28.5 Å². The van der Waals surface area contributed by atoms with Gasteiger partial charge < -0.3 is 18.8 Å². The fraction of sp³-hybridized carbons (Fsp3) is 0.286. The van der Waals surface area contributed by atoms with Gasteiger partial charge in [-0.3, -0.25) is 0 Å². The second-order valence-corrected chi connectivity index (χ2v) is 8.31. The van der Waals surface area contributed by atoms with E-state index in [1.165, 1.54) is 0 Å². The lowest BCUT2D eigenvalue weighted by Gasteiger charge is -2.15. The standard InChI is InChI=1S/C21H20Cl2N2O3S/c1-26-18-8-12(9-19(27-2)20(18)28-3)17-11-29-21(25(17)14-5-6-14)24-16-7-4-13(22)10-15(16)23/h4,7-11,14H,5-6H2,1-3H3. The average molecular weight is 451 g/mol. The summed E-state index contributed by atoms with van der Waals surface area (Å²) in [5.41, 5.74) is 2.73. The molecule has 1 aromatic heterocycles. The molecule has 1 heterocycles. The molecule has 4 rings (SSSR count). The molecule has 0 amide bonds. The lowest BCUT2D eigenvalue weighted by atomic mass is 10.1. The molecule has 3 aromatic rings. The Bertz CT molecular complexity index is 1090. The summed E-state index contributed by atoms with van der Waals surface area (Å²) in [4.78, 5) is 5.70. The molecule has 1 aliphatic rings. The highest BCUT2D eigenvalue weighted by Crippen LogP contribution is 2.44. The number of halogens is 2. The average Bonchev–Trinajstić information content (AvgIpc) is 3.48. The lowest BCUT2D eigenvalue weighted by Crippen LogP contribution is -2.14. The van der Waals surface area contributed by atoms with Gasteiger partial charge in [0.25, 0.3) is 0 Å². The van der Waals surface area contributed by atoms with Crippen LogP contribution >= 0.6 is 34.5 Å². The molecule has 1 saturated carbocycles. The molecule has 1 aliphatic carbocycles. The van der Waals surface area contributed by atoms with Crippen LogP contribution in [0.3, 0.4) is 0 Å². The van der Waals surface area contributed by atoms with Crippen molar-refractivity contribution in [2.75, 3.05) is 21.3 Å². The van der Waals surface area contributed by atoms with Gasteiger partial charge in [-0.15, -0.1) is 11.3 Å². The third-order valence-corrected chi connectivity index (χ3v) is 6.12. The van der Waals surface area contributed by atoms with E-state index in [1.807, 2.05) is 18.2 Å². The van der Waals surface area contributed by atoms with Gasteiger partial charge >= 0.3 is 0 Å². The molecule has 5 nitrogen and oxygen atoms in total. The zero-order valence-corrected chi connectivity index (χ0v) is 18.6. The van der Waals surface area contributed by atoms with E-state index in [9.17, 15) is 0 Å². The first kappa shape index (κ1) is 20.1. The fourth-order valence-corrected chi connectivity index (χ4v) is 4.63. The lowest BCUT2D eigenvalue weighted by molar-refractivity contribution is 0.324. The Morgan fingerprint density at radius 3 is 2.24 bits per heavy atom. The summed E-state index contributed by atoms with van der Waals surface area (Å²) >= 11 is 13.9. The van der Waals surface area contributed by atoms with Crippen molar-refractivity contribution >= 4 is 40.2 Å². The van der Waals surface area contributed by atoms with Crippen molar-refractivity contribution in [1.82, 2.24) is 4.57 Å². The number of hydrogen-bond donors (Lipinski definition) is 0. The molecule has 0 saturated heterocycles. The van der Waals surface area contributed by atoms with Crippen molar-refractivity contribution in [2.24, 2.45) is 4.99 Å². The van der Waals surface area contributed by atoms with Crippen LogP contribution in [0, 0.1) is 0 Å². The van der Waals surface area contributed by atoms with Gasteiger partial charge in [-0.25, -0.2) is 4.99 Å². The Morgan fingerprint density at radius 2 is 1.69 bits per heavy atom. The Morgan fingerprint density at radius 1 is 1.00 bits per heavy atom. The number of nitrogens with zero attached hydrogens (tertiary/aromatic N) is 2. The van der Waals surface area contributed by atoms with E-state index >= 15 is 0 Å². The maximum atomic E-state index is 6.33. The molecule has 0 radical (unpaired) electrons. The van der Waals surface area contributed by atoms with Gasteiger partial charge in [0.05, 0.1) is 37.7 Å². The van der Waals surface area contributed by atoms with Crippen LogP contribution < -0.4 is 19.0 Å². The van der Waals surface area contributed by atoms with Crippen LogP contribution in [-0.2, 0) is 0 Å². The SMILES string of the molecule is COc1cc(-c2csc(=Nc3ccc(Cl)cc3Cl)n2C2CC2)cc(OC)c1OC. The highest BCUT2D eigenvalue weighted by molar-refractivity contribution is 7.07. The molecule has 2 aromatic carbocycles. The minimum Gasteiger partial charge on any atom is -0.493 e. The Labute approximate surface area is 183 Å². The van der Waals surface area contributed by atoms with E-state index < -0.39 is 0 Å². The molecule has 152 valence electrons. The normalized spacial score (nSPS) is 14.2. The van der Waals surface area contributed by atoms with E-state index in [0.29, 0.717) is 39.0 Å². The number of hydrogen-bond acceptors (Lipinski definition) is 5. The topological polar surface area (TPSA) is 45.0 Å². The number of methoxy groups -OCH3 is 3. The maximum Gasteiger partial charge on any atom is 0.203 e. The Balaban J connectivity index is 1.88. The number of thiazole rings is 1. The first-order valence-electron chi connectivity index (χ1n) is 9.06. The molecular weight excluding hydrogens is 431 g/mol. The Hall–Kier alpha value is -2.15. The van der Waals surface area contributed by atoms with E-state index in [0.717, 1.165) is 28.9 Å². The largest absolute Gasteiger partial charge is 0.493 e. The van der Waals surface area contributed by atoms with Gasteiger partial charge in [-0.05, 0) is 43.2 Å². The second kappa shape index (κ2) is 8.30. The molecule has 0 unspecified atom stereocenters. The highest BCUT2D eigenvalue weighted by atomic mass is 35.5. The first-order chi connectivity index (χ1) is 14.0. The van der Waals surface area contributed by atoms with Gasteiger partial charge in [0, 0.05) is 22.0 Å². The van der Waals surface area contributed by atoms with Crippen LogP contribution in [0.15, 0.2) is 40.7 Å². The molecule has 0 aliphatic heterocycles. The van der Waals surface area contributed by atoms with Gasteiger partial charge in [0.2, 0.25) is 5.75 Å². The second-order valence-electron chi connectivity index (χ2n) is 6.63. The summed E-state index contributed by atoms with van der Waals surface area (Å²) in [5.74, 6) is 1.81. The van der Waals surface area contributed by atoms with Gasteiger partial charge in [0.15, 0.2) is 16.3 Å². The molecule has 0 N–H and O–H groups in total. The number of rotatable bonds is 6. The minimum absolute atomic E-state index is 0.417. The van der Waals surface area contributed by atoms with E-state index in [-0.39, 0.29) is 0 Å². The van der Waals surface area contributed by atoms with Crippen molar-refractivity contribution in [1.29, 1.82) is 0 Å². The molecule has 29 heavy (non-hydrogen) atoms. The van der Waals surface area contributed by atoms with Crippen LogP contribution in [0.5, 0.6) is 17.2 Å². The summed E-state index contributed by atoms with van der Waals surface area (Å²) in [6, 6.07) is 9.67. The van der Waals surface area contributed by atoms with Gasteiger partial charge in [-0.1, -0.05) is 23.2 Å². The molecule has 1 fully saturated rings. The van der Waals surface area contributed by atoms with Crippen molar-refractivity contribution < 1.29 is 14.2 Å². The number of benzene rings is 2. The molecule has 8 heteroatoms. The van der Waals surface area contributed by atoms with Crippen molar-refractivity contribution in [3.05, 3.63) is 50.6 Å². The molecule has 0 bridgehead atoms. The predicted molar refractivity (Wildman–Crippen MR) is 117 cm³/mol. The third-order valence-electron chi connectivity index (χ3n) is 4.74. The van der Waals surface area contributed by atoms with Crippen LogP contribution in [0.2, 0.25) is 10.0 Å². The summed E-state index contributed by atoms with van der Waals surface area (Å²) in [6.07, 6.45) is 2.24. The summed E-state index contributed by atoms with van der Waals surface area (Å²) < 4.78 is 18.8. The van der Waals surface area contributed by atoms with E-state index in [2.05, 4.69) is 9.95 Å². The van der Waals surface area contributed by atoms with Gasteiger partial charge in [0.1, 0.15) is 0 Å². The van der Waals surface area contributed by atoms with E-state index in [4.69, 9.17) is 42.4 Å². The van der Waals surface area contributed by atoms with Crippen LogP contribution in [0.25, 0.3) is 11.3 Å². The maximum absolute atomic E-state index is 6.33. The highest BCUT2D eigenvalue weighted by Gasteiger charge is 2.28. The smallest absolute Gasteiger partial charge is 0.203 e. The monoisotopic (exact) mass is 450 g/mol. The van der Waals surface area contributed by atoms with Crippen molar-refractivity contribution in [2.45, 2.75) is 18.9 Å². The first-order valence-corrected chi connectivity index (χ1v) is 10.7. The Kier molecular flexibility index (Phi) is 5.76. The predicted octanol–water partition coefficient (Wildman–Crippen LogP) is 6.12. The van der Waals surface area contributed by atoms with Crippen LogP contribution in [0.1, 0.15) is 18.9 Å². The molecule has 0 spiro atoms. The number of aromatic nitrogens is 1. The minimum atomic E-state index is 0.417. The zero-order valence-electron chi connectivity index (χ0n) is 16.2. The summed E-state index contributed by atoms with van der Waals surface area (Å²) in [5, 5.41) is 3.22.